The van der Waals surface area contributed by atoms with Gasteiger partial charge in [-0.2, -0.15) is 5.10 Å². The van der Waals surface area contributed by atoms with E-state index in [-0.39, 0.29) is 11.6 Å². The fourth-order valence-electron chi connectivity index (χ4n) is 1.75. The van der Waals surface area contributed by atoms with E-state index in [1.54, 1.807) is 21.5 Å². The van der Waals surface area contributed by atoms with Crippen LogP contribution in [0.15, 0.2) is 35.4 Å². The molecule has 2 aromatic heterocycles. The summed E-state index contributed by atoms with van der Waals surface area (Å²) in [6.07, 6.45) is 3.60. The van der Waals surface area contributed by atoms with Crippen LogP contribution in [0.3, 0.4) is 0 Å². The van der Waals surface area contributed by atoms with Gasteiger partial charge >= 0.3 is 0 Å². The number of nitrogens with zero attached hydrogens (tertiary/aromatic N) is 3. The molecule has 2 rings (SSSR count). The molecule has 0 aliphatic heterocycles. The summed E-state index contributed by atoms with van der Waals surface area (Å²) in [6, 6.07) is 5.69. The topological polar surface area (TPSA) is 51.9 Å². The highest BCUT2D eigenvalue weighted by atomic mass is 16.1. The lowest BCUT2D eigenvalue weighted by atomic mass is 10.3. The molecule has 0 atom stereocenters. The molecule has 96 valence electrons. The van der Waals surface area contributed by atoms with Crippen molar-refractivity contribution in [3.63, 3.8) is 0 Å². The summed E-state index contributed by atoms with van der Waals surface area (Å²) in [7, 11) is 0. The molecule has 2 heterocycles. The second-order valence-electron chi connectivity index (χ2n) is 4.43. The zero-order valence-corrected chi connectivity index (χ0v) is 10.9. The Bertz CT molecular complexity index is 583. The largest absolute Gasteiger partial charge is 0.378 e. The van der Waals surface area contributed by atoms with Crippen LogP contribution >= 0.6 is 0 Å². The van der Waals surface area contributed by atoms with Crippen LogP contribution in [0, 0.1) is 0 Å². The Balaban J connectivity index is 2.42. The lowest BCUT2D eigenvalue weighted by Gasteiger charge is -2.10. The molecule has 0 saturated carbocycles. The fraction of sp³-hybridized carbons (Fsp3) is 0.385. The van der Waals surface area contributed by atoms with Gasteiger partial charge in [-0.3, -0.25) is 14.0 Å². The number of anilines is 1. The second kappa shape index (κ2) is 5.08. The van der Waals surface area contributed by atoms with E-state index < -0.39 is 0 Å². The number of nitrogens with one attached hydrogen (secondary N) is 1. The maximum atomic E-state index is 12.3. The summed E-state index contributed by atoms with van der Waals surface area (Å²) in [4.78, 5) is 12.3. The van der Waals surface area contributed by atoms with Crippen molar-refractivity contribution in [1.82, 2.24) is 14.3 Å². The summed E-state index contributed by atoms with van der Waals surface area (Å²) < 4.78 is 3.35. The zero-order chi connectivity index (χ0) is 13.1. The lowest BCUT2D eigenvalue weighted by molar-refractivity contribution is 0.651. The van der Waals surface area contributed by atoms with Crippen LogP contribution in [-0.4, -0.2) is 20.4 Å². The van der Waals surface area contributed by atoms with E-state index in [1.165, 1.54) is 0 Å². The van der Waals surface area contributed by atoms with Gasteiger partial charge in [-0.25, -0.2) is 0 Å². The Morgan fingerprint density at radius 3 is 2.72 bits per heavy atom. The minimum atomic E-state index is -0.0763. The van der Waals surface area contributed by atoms with Gasteiger partial charge in [0.25, 0.3) is 5.56 Å². The van der Waals surface area contributed by atoms with Crippen LogP contribution in [-0.2, 0) is 6.54 Å². The van der Waals surface area contributed by atoms with Crippen LogP contribution in [0.4, 0.5) is 5.69 Å². The van der Waals surface area contributed by atoms with Crippen molar-refractivity contribution in [2.45, 2.75) is 33.4 Å². The molecule has 0 spiro atoms. The van der Waals surface area contributed by atoms with Gasteiger partial charge in [0.1, 0.15) is 5.69 Å². The van der Waals surface area contributed by atoms with Crippen molar-refractivity contribution in [2.75, 3.05) is 5.32 Å². The standard InChI is InChI=1S/C13H18N4O/c1-4-16-9-7-12(15-16)17-8-5-6-11(13(17)18)14-10(2)3/h5-10,14H,4H2,1-3H3. The maximum absolute atomic E-state index is 12.3. The molecule has 0 saturated heterocycles. The van der Waals surface area contributed by atoms with Crippen molar-refractivity contribution in [3.05, 3.63) is 40.9 Å². The first-order valence-electron chi connectivity index (χ1n) is 6.14. The first-order chi connectivity index (χ1) is 8.61. The van der Waals surface area contributed by atoms with Crippen LogP contribution in [0.2, 0.25) is 0 Å². The molecule has 0 aliphatic rings. The van der Waals surface area contributed by atoms with Gasteiger partial charge in [-0.05, 0) is 32.9 Å². The Hall–Kier alpha value is -2.04. The molecule has 0 radical (unpaired) electrons. The normalized spacial score (nSPS) is 10.9. The molecular weight excluding hydrogens is 228 g/mol. The third-order valence-corrected chi connectivity index (χ3v) is 2.59. The third-order valence-electron chi connectivity index (χ3n) is 2.59. The van der Waals surface area contributed by atoms with Gasteiger partial charge < -0.3 is 5.32 Å². The van der Waals surface area contributed by atoms with Crippen molar-refractivity contribution in [2.24, 2.45) is 0 Å². The molecule has 18 heavy (non-hydrogen) atoms. The number of pyridine rings is 1. The zero-order valence-electron chi connectivity index (χ0n) is 10.9. The number of aromatic nitrogens is 3. The first kappa shape index (κ1) is 12.4. The van der Waals surface area contributed by atoms with E-state index >= 15 is 0 Å². The van der Waals surface area contributed by atoms with Crippen molar-refractivity contribution >= 4 is 5.69 Å². The minimum Gasteiger partial charge on any atom is -0.378 e. The van der Waals surface area contributed by atoms with Crippen LogP contribution < -0.4 is 10.9 Å². The summed E-state index contributed by atoms with van der Waals surface area (Å²) in [6.45, 7) is 6.81. The summed E-state index contributed by atoms with van der Waals surface area (Å²) in [5.41, 5.74) is 0.520. The number of hydrogen-bond acceptors (Lipinski definition) is 3. The summed E-state index contributed by atoms with van der Waals surface area (Å²) in [5, 5.41) is 7.47. The molecule has 1 N–H and O–H groups in total. The Morgan fingerprint density at radius 2 is 2.11 bits per heavy atom. The maximum Gasteiger partial charge on any atom is 0.279 e. The Kier molecular flexibility index (Phi) is 3.50. The highest BCUT2D eigenvalue weighted by Gasteiger charge is 2.07. The molecule has 0 unspecified atom stereocenters. The van der Waals surface area contributed by atoms with Gasteiger partial charge in [0.2, 0.25) is 0 Å². The number of rotatable bonds is 4. The molecular formula is C13H18N4O. The average Bonchev–Trinajstić information content (AvgIpc) is 2.80. The molecule has 0 fully saturated rings. The van der Waals surface area contributed by atoms with Gasteiger partial charge in [0.15, 0.2) is 5.82 Å². The fourth-order valence-corrected chi connectivity index (χ4v) is 1.75. The molecule has 5 nitrogen and oxygen atoms in total. The molecule has 0 amide bonds. The van der Waals surface area contributed by atoms with Crippen LogP contribution in [0.5, 0.6) is 0 Å². The molecule has 5 heteroatoms. The van der Waals surface area contributed by atoms with Gasteiger partial charge in [0, 0.05) is 31.0 Å². The van der Waals surface area contributed by atoms with E-state index in [1.807, 2.05) is 39.1 Å². The monoisotopic (exact) mass is 246 g/mol. The quantitative estimate of drug-likeness (QED) is 0.896. The Labute approximate surface area is 106 Å². The summed E-state index contributed by atoms with van der Waals surface area (Å²) >= 11 is 0. The van der Waals surface area contributed by atoms with Crippen molar-refractivity contribution < 1.29 is 0 Å². The Morgan fingerprint density at radius 1 is 1.33 bits per heavy atom. The lowest BCUT2D eigenvalue weighted by Crippen LogP contribution is -2.24. The van der Waals surface area contributed by atoms with E-state index in [0.29, 0.717) is 11.5 Å². The second-order valence-corrected chi connectivity index (χ2v) is 4.43. The van der Waals surface area contributed by atoms with E-state index in [4.69, 9.17) is 0 Å². The predicted octanol–water partition coefficient (Wildman–Crippen LogP) is 1.87. The first-order valence-corrected chi connectivity index (χ1v) is 6.14. The number of hydrogen-bond donors (Lipinski definition) is 1. The average molecular weight is 246 g/mol. The van der Waals surface area contributed by atoms with E-state index in [0.717, 1.165) is 6.54 Å². The SMILES string of the molecule is CCn1ccc(-n2cccc(NC(C)C)c2=O)n1. The smallest absolute Gasteiger partial charge is 0.279 e. The van der Waals surface area contributed by atoms with Crippen molar-refractivity contribution in [3.8, 4) is 5.82 Å². The van der Waals surface area contributed by atoms with Crippen LogP contribution in [0.1, 0.15) is 20.8 Å². The molecule has 2 aromatic rings. The van der Waals surface area contributed by atoms with E-state index in [2.05, 4.69) is 10.4 Å². The predicted molar refractivity (Wildman–Crippen MR) is 72.3 cm³/mol. The summed E-state index contributed by atoms with van der Waals surface area (Å²) in [5.74, 6) is 0.647. The molecule has 0 aromatic carbocycles. The minimum absolute atomic E-state index is 0.0763. The molecule has 0 bridgehead atoms. The highest BCUT2D eigenvalue weighted by Crippen LogP contribution is 2.06. The highest BCUT2D eigenvalue weighted by molar-refractivity contribution is 5.43. The third kappa shape index (κ3) is 2.45. The van der Waals surface area contributed by atoms with E-state index in [9.17, 15) is 4.79 Å². The van der Waals surface area contributed by atoms with Gasteiger partial charge in [-0.15, -0.1) is 0 Å². The number of aryl methyl sites for hydroxylation is 1. The van der Waals surface area contributed by atoms with Gasteiger partial charge in [0.05, 0.1) is 0 Å². The molecule has 0 aliphatic carbocycles. The van der Waals surface area contributed by atoms with Crippen LogP contribution in [0.25, 0.3) is 5.82 Å². The van der Waals surface area contributed by atoms with Gasteiger partial charge in [-0.1, -0.05) is 0 Å². The van der Waals surface area contributed by atoms with Crippen molar-refractivity contribution in [1.29, 1.82) is 0 Å².